The number of allylic oxidation sites excluding steroid dienone is 1. The number of nitrogens with zero attached hydrogens (tertiary/aromatic N) is 2. The Morgan fingerprint density at radius 3 is 1.91 bits per heavy atom. The number of benzene rings is 4. The molecule has 0 bridgehead atoms. The number of rotatable bonds is 3. The smallest absolute Gasteiger partial charge is 0.264 e. The van der Waals surface area contributed by atoms with Crippen molar-refractivity contribution in [3.63, 3.8) is 0 Å². The van der Waals surface area contributed by atoms with Gasteiger partial charge in [0.25, 0.3) is 6.71 Å². The molecule has 0 spiro atoms. The molecule has 0 amide bonds. The van der Waals surface area contributed by atoms with Crippen LogP contribution in [0.25, 0.3) is 6.08 Å². The SMILES string of the molecule is Cc1cc2c3c(c1)N(c1cc4c(cc1C)C(C)(C)CCC4(C)C)c1c(sc4c1C=C1C(C4)C(C)(C)CCC1(C)C)B3c1cc(C(C)(C)C)ccc1N2Cc1ccc(C(C)(C)C)cc1C. The first-order chi connectivity index (χ1) is 29.7. The molecule has 0 N–H and O–H groups in total. The van der Waals surface area contributed by atoms with E-state index < -0.39 is 0 Å². The van der Waals surface area contributed by atoms with Crippen molar-refractivity contribution in [2.45, 2.75) is 178 Å². The van der Waals surface area contributed by atoms with E-state index in [0.717, 1.165) is 13.0 Å². The zero-order chi connectivity index (χ0) is 46.0. The minimum atomic E-state index is 0.0198. The number of hydrogen-bond acceptors (Lipinski definition) is 3. The van der Waals surface area contributed by atoms with E-state index in [2.05, 4.69) is 206 Å². The predicted octanol–water partition coefficient (Wildman–Crippen LogP) is 15.0. The van der Waals surface area contributed by atoms with Crippen LogP contribution in [0.4, 0.5) is 28.4 Å². The Morgan fingerprint density at radius 2 is 1.25 bits per heavy atom. The van der Waals surface area contributed by atoms with E-state index in [9.17, 15) is 0 Å². The standard InChI is InChI=1S/C60H75BN2S/c1-35-26-49-52-50(27-35)63(48-32-44-42(29-37(48)3)57(10,11)22-24-59(44,14)15)53-41-31-43-45(60(16,17)25-23-58(43,12)13)33-51(41)64-54(53)61(52)46-30-40(56(7,8)9)20-21-47(46)62(49)34-38-18-19-39(28-36(38)2)55(4,5)6/h18-21,26-32,45H,22-25,33-34H2,1-17H3. The molecular formula is C60H75BN2S. The van der Waals surface area contributed by atoms with Crippen LogP contribution in [-0.2, 0) is 34.6 Å². The molecule has 0 saturated heterocycles. The molecule has 1 atom stereocenters. The van der Waals surface area contributed by atoms with Gasteiger partial charge in [-0.15, -0.1) is 0 Å². The summed E-state index contributed by atoms with van der Waals surface area (Å²) in [5, 5.41) is 0. The van der Waals surface area contributed by atoms with E-state index in [-0.39, 0.29) is 39.2 Å². The first-order valence-corrected chi connectivity index (χ1v) is 25.5. The minimum Gasteiger partial charge on any atom is -0.338 e. The monoisotopic (exact) mass is 867 g/mol. The van der Waals surface area contributed by atoms with E-state index in [1.165, 1.54) is 120 Å². The molecule has 334 valence electrons. The Balaban J connectivity index is 1.29. The Bertz CT molecular complexity index is 2810. The Labute approximate surface area is 392 Å². The van der Waals surface area contributed by atoms with Crippen molar-refractivity contribution < 1.29 is 0 Å². The van der Waals surface area contributed by atoms with E-state index in [4.69, 9.17) is 0 Å². The quantitative estimate of drug-likeness (QED) is 0.164. The second-order valence-corrected chi connectivity index (χ2v) is 27.0. The van der Waals surface area contributed by atoms with Crippen LogP contribution in [0, 0.1) is 37.5 Å². The maximum absolute atomic E-state index is 2.80. The maximum atomic E-state index is 2.80. The van der Waals surface area contributed by atoms with Crippen molar-refractivity contribution in [3.8, 4) is 0 Å². The summed E-state index contributed by atoms with van der Waals surface area (Å²) in [6.45, 7) is 42.3. The Kier molecular flexibility index (Phi) is 9.60. The molecule has 5 aliphatic rings. The fraction of sp³-hybridized carbons (Fsp3) is 0.500. The summed E-state index contributed by atoms with van der Waals surface area (Å²) in [6.07, 6.45) is 8.81. The van der Waals surface area contributed by atoms with Gasteiger partial charge in [-0.2, -0.15) is 11.3 Å². The number of hydrogen-bond donors (Lipinski definition) is 0. The predicted molar refractivity (Wildman–Crippen MR) is 281 cm³/mol. The average molecular weight is 867 g/mol. The highest BCUT2D eigenvalue weighted by atomic mass is 32.1. The first kappa shape index (κ1) is 43.9. The molecule has 3 heterocycles. The van der Waals surface area contributed by atoms with Crippen LogP contribution in [0.2, 0.25) is 0 Å². The van der Waals surface area contributed by atoms with Gasteiger partial charge < -0.3 is 9.80 Å². The van der Waals surface area contributed by atoms with Crippen molar-refractivity contribution in [2.75, 3.05) is 9.80 Å². The average Bonchev–Trinajstić information content (AvgIpc) is 3.57. The highest BCUT2D eigenvalue weighted by Gasteiger charge is 2.51. The summed E-state index contributed by atoms with van der Waals surface area (Å²) in [7, 11) is 0. The van der Waals surface area contributed by atoms with Gasteiger partial charge in [-0.25, -0.2) is 0 Å². The van der Waals surface area contributed by atoms with Crippen LogP contribution in [0.1, 0.15) is 178 Å². The van der Waals surface area contributed by atoms with Gasteiger partial charge in [0, 0.05) is 44.5 Å². The van der Waals surface area contributed by atoms with Crippen LogP contribution < -0.4 is 25.5 Å². The van der Waals surface area contributed by atoms with Gasteiger partial charge in [-0.3, -0.25) is 0 Å². The van der Waals surface area contributed by atoms with Gasteiger partial charge in [0.2, 0.25) is 0 Å². The Hall–Kier alpha value is -4.02. The number of thiophene rings is 1. The summed E-state index contributed by atoms with van der Waals surface area (Å²) in [5.74, 6) is 0.556. The second kappa shape index (κ2) is 14.0. The molecule has 4 aromatic carbocycles. The lowest BCUT2D eigenvalue weighted by Crippen LogP contribution is -2.61. The molecular weight excluding hydrogens is 792 g/mol. The summed E-state index contributed by atoms with van der Waals surface area (Å²) in [4.78, 5) is 7.09. The molecule has 1 unspecified atom stereocenters. The molecule has 2 nitrogen and oxygen atoms in total. The molecule has 64 heavy (non-hydrogen) atoms. The minimum absolute atomic E-state index is 0.0198. The van der Waals surface area contributed by atoms with Crippen LogP contribution in [0.3, 0.4) is 0 Å². The van der Waals surface area contributed by atoms with Crippen molar-refractivity contribution in [1.82, 2.24) is 0 Å². The van der Waals surface area contributed by atoms with E-state index in [0.29, 0.717) is 5.92 Å². The van der Waals surface area contributed by atoms with Gasteiger partial charge >= 0.3 is 0 Å². The van der Waals surface area contributed by atoms with Crippen LogP contribution in [-0.4, -0.2) is 6.71 Å². The van der Waals surface area contributed by atoms with E-state index >= 15 is 0 Å². The van der Waals surface area contributed by atoms with Crippen LogP contribution in [0.5, 0.6) is 0 Å². The van der Waals surface area contributed by atoms with E-state index in [1.807, 2.05) is 0 Å². The molecule has 3 aliphatic carbocycles. The topological polar surface area (TPSA) is 6.48 Å². The number of aryl methyl sites for hydroxylation is 3. The third-order valence-corrected chi connectivity index (χ3v) is 18.5. The zero-order valence-corrected chi connectivity index (χ0v) is 43.4. The van der Waals surface area contributed by atoms with Crippen molar-refractivity contribution >= 4 is 68.3 Å². The summed E-state index contributed by atoms with van der Waals surface area (Å²) >= 11 is 2.15. The number of fused-ring (bicyclic) bond motifs is 8. The lowest BCUT2D eigenvalue weighted by atomic mass is 9.36. The first-order valence-electron chi connectivity index (χ1n) is 24.7. The molecule has 1 aromatic heterocycles. The fourth-order valence-electron chi connectivity index (χ4n) is 12.6. The lowest BCUT2D eigenvalue weighted by Gasteiger charge is -2.50. The van der Waals surface area contributed by atoms with Crippen LogP contribution in [0.15, 0.2) is 66.2 Å². The fourth-order valence-corrected chi connectivity index (χ4v) is 14.1. The van der Waals surface area contributed by atoms with Gasteiger partial charge in [-0.05, 0) is 171 Å². The van der Waals surface area contributed by atoms with Gasteiger partial charge in [-0.1, -0.05) is 145 Å². The van der Waals surface area contributed by atoms with E-state index in [1.54, 1.807) is 10.5 Å². The summed E-state index contributed by atoms with van der Waals surface area (Å²) in [6, 6.07) is 25.1. The molecule has 5 aromatic rings. The van der Waals surface area contributed by atoms with Crippen molar-refractivity contribution in [3.05, 3.63) is 121 Å². The maximum Gasteiger partial charge on any atom is 0.264 e. The summed E-state index contributed by atoms with van der Waals surface area (Å²) < 4.78 is 1.53. The second-order valence-electron chi connectivity index (χ2n) is 25.8. The summed E-state index contributed by atoms with van der Waals surface area (Å²) in [5.41, 5.74) is 25.1. The molecule has 1 fully saturated rings. The molecule has 10 rings (SSSR count). The van der Waals surface area contributed by atoms with Gasteiger partial charge in [0.1, 0.15) is 0 Å². The normalized spacial score (nSPS) is 21.0. The lowest BCUT2D eigenvalue weighted by molar-refractivity contribution is 0.124. The van der Waals surface area contributed by atoms with Crippen molar-refractivity contribution in [1.29, 1.82) is 0 Å². The third-order valence-electron chi connectivity index (χ3n) is 17.2. The van der Waals surface area contributed by atoms with Gasteiger partial charge in [0.05, 0.1) is 5.69 Å². The number of anilines is 5. The molecule has 4 heteroatoms. The largest absolute Gasteiger partial charge is 0.338 e. The highest BCUT2D eigenvalue weighted by Crippen LogP contribution is 2.59. The third kappa shape index (κ3) is 6.67. The zero-order valence-electron chi connectivity index (χ0n) is 42.6. The Morgan fingerprint density at radius 1 is 0.641 bits per heavy atom. The van der Waals surface area contributed by atoms with Crippen molar-refractivity contribution in [2.24, 2.45) is 16.7 Å². The molecule has 1 saturated carbocycles. The molecule has 2 aliphatic heterocycles. The van der Waals surface area contributed by atoms with Crippen LogP contribution >= 0.6 is 11.3 Å². The molecule has 0 radical (unpaired) electrons. The highest BCUT2D eigenvalue weighted by molar-refractivity contribution is 7.29. The van der Waals surface area contributed by atoms with Gasteiger partial charge in [0.15, 0.2) is 0 Å².